The van der Waals surface area contributed by atoms with Crippen molar-refractivity contribution in [2.75, 3.05) is 0 Å². The summed E-state index contributed by atoms with van der Waals surface area (Å²) in [6.45, 7) is 4.63. The fourth-order valence-electron chi connectivity index (χ4n) is 2.83. The summed E-state index contributed by atoms with van der Waals surface area (Å²) >= 11 is 0. The van der Waals surface area contributed by atoms with Gasteiger partial charge in [0.25, 0.3) is 5.91 Å². The van der Waals surface area contributed by atoms with Gasteiger partial charge < -0.3 is 9.30 Å². The molecule has 0 aliphatic rings. The van der Waals surface area contributed by atoms with Crippen LogP contribution in [0.3, 0.4) is 0 Å². The molecular weight excluding hydrogens is 336 g/mol. The summed E-state index contributed by atoms with van der Waals surface area (Å²) in [4.78, 5) is 16.8. The molecule has 0 fully saturated rings. The van der Waals surface area contributed by atoms with Crippen LogP contribution in [0.4, 0.5) is 0 Å². The van der Waals surface area contributed by atoms with Gasteiger partial charge in [-0.05, 0) is 49.2 Å². The van der Waals surface area contributed by atoms with E-state index in [-0.39, 0.29) is 18.4 Å². The Morgan fingerprint density at radius 2 is 1.70 bits per heavy atom. The fraction of sp³-hybridized carbons (Fsp3) is 0.217. The topological polar surface area (TPSA) is 43.6 Å². The summed E-state index contributed by atoms with van der Waals surface area (Å²) in [5.74, 6) is 0.596. The Labute approximate surface area is 159 Å². The molecule has 0 aliphatic heterocycles. The molecule has 0 radical (unpaired) electrons. The van der Waals surface area contributed by atoms with Gasteiger partial charge in [-0.15, -0.1) is 0 Å². The van der Waals surface area contributed by atoms with E-state index in [0.29, 0.717) is 12.0 Å². The van der Waals surface area contributed by atoms with Crippen molar-refractivity contribution >= 4 is 5.91 Å². The summed E-state index contributed by atoms with van der Waals surface area (Å²) < 4.78 is 7.67. The molecule has 0 spiro atoms. The molecule has 1 heterocycles. The molecule has 0 atom stereocenters. The highest BCUT2D eigenvalue weighted by Gasteiger charge is 2.05. The SMILES string of the molecule is CC(C)Oc1cccc(CC(=O)N=c2ccccn2Cc2ccccc2)c1. The smallest absolute Gasteiger partial charge is 0.252 e. The molecule has 0 unspecified atom stereocenters. The lowest BCUT2D eigenvalue weighted by atomic mass is 10.1. The highest BCUT2D eigenvalue weighted by atomic mass is 16.5. The van der Waals surface area contributed by atoms with Crippen LogP contribution in [0.2, 0.25) is 0 Å². The number of hydrogen-bond donors (Lipinski definition) is 0. The second kappa shape index (κ2) is 8.99. The third kappa shape index (κ3) is 5.68. The van der Waals surface area contributed by atoms with Crippen LogP contribution in [-0.4, -0.2) is 16.6 Å². The highest BCUT2D eigenvalue weighted by molar-refractivity contribution is 5.79. The van der Waals surface area contributed by atoms with Crippen LogP contribution in [-0.2, 0) is 17.8 Å². The molecule has 1 aromatic heterocycles. The van der Waals surface area contributed by atoms with E-state index in [1.54, 1.807) is 0 Å². The molecule has 1 amide bonds. The fourth-order valence-corrected chi connectivity index (χ4v) is 2.83. The lowest BCUT2D eigenvalue weighted by Crippen LogP contribution is -2.22. The van der Waals surface area contributed by atoms with Crippen molar-refractivity contribution in [2.24, 2.45) is 4.99 Å². The maximum Gasteiger partial charge on any atom is 0.252 e. The lowest BCUT2D eigenvalue weighted by Gasteiger charge is -2.10. The molecule has 0 N–H and O–H groups in total. The van der Waals surface area contributed by atoms with Crippen molar-refractivity contribution in [1.29, 1.82) is 0 Å². The number of amides is 1. The van der Waals surface area contributed by atoms with Gasteiger partial charge in [0, 0.05) is 12.7 Å². The van der Waals surface area contributed by atoms with E-state index < -0.39 is 0 Å². The average Bonchev–Trinajstić information content (AvgIpc) is 2.64. The Morgan fingerprint density at radius 1 is 0.963 bits per heavy atom. The number of hydrogen-bond acceptors (Lipinski definition) is 2. The van der Waals surface area contributed by atoms with Crippen molar-refractivity contribution in [3.8, 4) is 5.75 Å². The Balaban J connectivity index is 1.78. The quantitative estimate of drug-likeness (QED) is 0.667. The van der Waals surface area contributed by atoms with E-state index in [1.807, 2.05) is 85.3 Å². The van der Waals surface area contributed by atoms with Gasteiger partial charge >= 0.3 is 0 Å². The van der Waals surface area contributed by atoms with Crippen LogP contribution >= 0.6 is 0 Å². The van der Waals surface area contributed by atoms with Gasteiger partial charge in [0.1, 0.15) is 11.2 Å². The van der Waals surface area contributed by atoms with E-state index in [2.05, 4.69) is 17.1 Å². The third-order valence-corrected chi connectivity index (χ3v) is 3.98. The predicted molar refractivity (Wildman–Crippen MR) is 106 cm³/mol. The van der Waals surface area contributed by atoms with E-state index in [9.17, 15) is 4.79 Å². The number of benzene rings is 2. The number of carbonyl (C=O) groups excluding carboxylic acids is 1. The molecule has 4 nitrogen and oxygen atoms in total. The van der Waals surface area contributed by atoms with Crippen molar-refractivity contribution in [3.05, 3.63) is 95.6 Å². The minimum absolute atomic E-state index is 0.0990. The second-order valence-electron chi connectivity index (χ2n) is 6.67. The number of nitrogens with zero attached hydrogens (tertiary/aromatic N) is 2. The standard InChI is InChI=1S/C23H24N2O2/c1-18(2)27-21-12-8-11-20(15-21)16-23(26)24-22-13-6-7-14-25(22)17-19-9-4-3-5-10-19/h3-15,18H,16-17H2,1-2H3. The number of aromatic nitrogens is 1. The lowest BCUT2D eigenvalue weighted by molar-refractivity contribution is -0.117. The molecule has 0 saturated heterocycles. The van der Waals surface area contributed by atoms with Gasteiger partial charge in [-0.1, -0.05) is 48.5 Å². The van der Waals surface area contributed by atoms with Crippen molar-refractivity contribution in [1.82, 2.24) is 4.57 Å². The first-order chi connectivity index (χ1) is 13.1. The number of rotatable bonds is 6. The molecule has 138 valence electrons. The summed E-state index contributed by atoms with van der Waals surface area (Å²) in [5.41, 5.74) is 2.71. The zero-order chi connectivity index (χ0) is 19.1. The van der Waals surface area contributed by atoms with Crippen LogP contribution in [0.1, 0.15) is 25.0 Å². The maximum absolute atomic E-state index is 12.5. The predicted octanol–water partition coefficient (Wildman–Crippen LogP) is 3.99. The van der Waals surface area contributed by atoms with Crippen molar-refractivity contribution in [3.63, 3.8) is 0 Å². The first-order valence-electron chi connectivity index (χ1n) is 9.13. The minimum Gasteiger partial charge on any atom is -0.491 e. The van der Waals surface area contributed by atoms with Gasteiger partial charge in [-0.3, -0.25) is 4.79 Å². The maximum atomic E-state index is 12.5. The van der Waals surface area contributed by atoms with Crippen LogP contribution in [0.5, 0.6) is 5.75 Å². The van der Waals surface area contributed by atoms with Crippen LogP contribution < -0.4 is 10.2 Å². The summed E-state index contributed by atoms with van der Waals surface area (Å²) in [7, 11) is 0. The Morgan fingerprint density at radius 3 is 2.48 bits per heavy atom. The molecule has 4 heteroatoms. The Bertz CT molecular complexity index is 959. The molecule has 0 saturated carbocycles. The monoisotopic (exact) mass is 360 g/mol. The van der Waals surface area contributed by atoms with Gasteiger partial charge in [-0.25, -0.2) is 0 Å². The molecule has 3 aromatic rings. The minimum atomic E-state index is -0.176. The van der Waals surface area contributed by atoms with E-state index in [4.69, 9.17) is 4.74 Å². The van der Waals surface area contributed by atoms with E-state index in [1.165, 1.54) is 0 Å². The van der Waals surface area contributed by atoms with Gasteiger partial charge in [-0.2, -0.15) is 4.99 Å². The van der Waals surface area contributed by atoms with Crippen LogP contribution in [0, 0.1) is 0 Å². The second-order valence-corrected chi connectivity index (χ2v) is 6.67. The Kier molecular flexibility index (Phi) is 6.21. The molecule has 3 rings (SSSR count). The summed E-state index contributed by atoms with van der Waals surface area (Å²) in [6.07, 6.45) is 2.29. The summed E-state index contributed by atoms with van der Waals surface area (Å²) in [6, 6.07) is 23.4. The number of carbonyl (C=O) groups is 1. The highest BCUT2D eigenvalue weighted by Crippen LogP contribution is 2.15. The first kappa shape index (κ1) is 18.6. The Hall–Kier alpha value is -3.14. The van der Waals surface area contributed by atoms with Gasteiger partial charge in [0.05, 0.1) is 12.5 Å². The van der Waals surface area contributed by atoms with Crippen molar-refractivity contribution < 1.29 is 9.53 Å². The molecule has 0 aliphatic carbocycles. The average molecular weight is 360 g/mol. The first-order valence-corrected chi connectivity index (χ1v) is 9.13. The van der Waals surface area contributed by atoms with Crippen LogP contribution in [0.15, 0.2) is 84.0 Å². The zero-order valence-electron chi connectivity index (χ0n) is 15.7. The summed E-state index contributed by atoms with van der Waals surface area (Å²) in [5, 5.41) is 0. The number of ether oxygens (including phenoxy) is 1. The third-order valence-electron chi connectivity index (χ3n) is 3.98. The molecule has 2 aromatic carbocycles. The number of pyridine rings is 1. The van der Waals surface area contributed by atoms with E-state index in [0.717, 1.165) is 16.9 Å². The molecule has 0 bridgehead atoms. The normalized spacial score (nSPS) is 11.6. The van der Waals surface area contributed by atoms with Crippen LogP contribution in [0.25, 0.3) is 0 Å². The van der Waals surface area contributed by atoms with Gasteiger partial charge in [0.2, 0.25) is 0 Å². The van der Waals surface area contributed by atoms with Crippen molar-refractivity contribution in [2.45, 2.75) is 32.9 Å². The molecular formula is C23H24N2O2. The van der Waals surface area contributed by atoms with Gasteiger partial charge in [0.15, 0.2) is 0 Å². The van der Waals surface area contributed by atoms with E-state index >= 15 is 0 Å². The zero-order valence-corrected chi connectivity index (χ0v) is 15.7. The largest absolute Gasteiger partial charge is 0.491 e. The molecule has 27 heavy (non-hydrogen) atoms.